The minimum atomic E-state index is -1.67. The summed E-state index contributed by atoms with van der Waals surface area (Å²) in [5.74, 6) is 2.19. The van der Waals surface area contributed by atoms with Gasteiger partial charge < -0.3 is 40.4 Å². The summed E-state index contributed by atoms with van der Waals surface area (Å²) in [6.07, 6.45) is 1.20. The number of aromatic nitrogens is 7. The number of nitrogens with two attached hydrogens (primary N) is 1. The average Bonchev–Trinajstić information content (AvgIpc) is 3.65. The summed E-state index contributed by atoms with van der Waals surface area (Å²) in [5.41, 5.74) is 7.70. The zero-order valence-electron chi connectivity index (χ0n) is 25.3. The summed E-state index contributed by atoms with van der Waals surface area (Å²) in [4.78, 5) is 15.8. The van der Waals surface area contributed by atoms with Gasteiger partial charge in [0.1, 0.15) is 53.9 Å². The van der Waals surface area contributed by atoms with Crippen molar-refractivity contribution in [2.24, 2.45) is 7.05 Å². The van der Waals surface area contributed by atoms with Gasteiger partial charge in [-0.2, -0.15) is 15.2 Å². The molecular weight excluding hydrogens is 580 g/mol. The molecule has 1 aromatic carbocycles. The summed E-state index contributed by atoms with van der Waals surface area (Å²) in [7, 11) is 3.48. The number of nitrogens with one attached hydrogen (secondary N) is 1. The van der Waals surface area contributed by atoms with E-state index in [1.54, 1.807) is 16.3 Å². The number of hydrogen-bond donors (Lipinski definition) is 4. The summed E-state index contributed by atoms with van der Waals surface area (Å²) in [6, 6.07) is 9.24. The highest BCUT2D eigenvalue weighted by atomic mass is 16.6. The monoisotopic (exact) mass is 616 g/mol. The van der Waals surface area contributed by atoms with Crippen LogP contribution in [0.3, 0.4) is 0 Å². The fourth-order valence-corrected chi connectivity index (χ4v) is 5.88. The van der Waals surface area contributed by atoms with Gasteiger partial charge in [0.2, 0.25) is 5.95 Å². The summed E-state index contributed by atoms with van der Waals surface area (Å²) in [5, 5.41) is 35.9. The Bertz CT molecular complexity index is 1850. The minimum Gasteiger partial charge on any atom is -0.491 e. The number of nitrogens with zero attached hydrogens (tertiary/aromatic N) is 8. The van der Waals surface area contributed by atoms with Gasteiger partial charge in [0.25, 0.3) is 0 Å². The Morgan fingerprint density at radius 1 is 1.20 bits per heavy atom. The predicted molar refractivity (Wildman–Crippen MR) is 166 cm³/mol. The van der Waals surface area contributed by atoms with Gasteiger partial charge in [-0.1, -0.05) is 0 Å². The molecule has 2 fully saturated rings. The second kappa shape index (κ2) is 11.4. The first-order valence-electron chi connectivity index (χ1n) is 14.8. The first kappa shape index (κ1) is 29.2. The molecule has 0 bridgehead atoms. The van der Waals surface area contributed by atoms with Crippen molar-refractivity contribution in [3.8, 4) is 17.0 Å². The van der Waals surface area contributed by atoms with Crippen LogP contribution in [-0.2, 0) is 16.5 Å². The SMILES string of the molecule is COCCNc1nc(N2CCC2)nc2cc(OC[C@H]3O[C@@H](c4cc(-c5ccn(C)n5)c5c(N)ncnn45)[C@](C)(O)[C@@H]3O)ccc12. The normalized spacial score (nSPS) is 23.1. The first-order valence-corrected chi connectivity index (χ1v) is 14.8. The molecule has 236 valence electrons. The van der Waals surface area contributed by atoms with E-state index in [-0.39, 0.29) is 12.4 Å². The van der Waals surface area contributed by atoms with Gasteiger partial charge in [0.15, 0.2) is 5.82 Å². The smallest absolute Gasteiger partial charge is 0.227 e. The highest BCUT2D eigenvalue weighted by Crippen LogP contribution is 2.44. The number of ether oxygens (including phenoxy) is 3. The van der Waals surface area contributed by atoms with E-state index in [1.165, 1.54) is 13.3 Å². The molecule has 15 heteroatoms. The highest BCUT2D eigenvalue weighted by molar-refractivity contribution is 5.91. The molecule has 0 saturated carbocycles. The zero-order valence-corrected chi connectivity index (χ0v) is 25.3. The lowest BCUT2D eigenvalue weighted by Gasteiger charge is -2.31. The van der Waals surface area contributed by atoms with Crippen LogP contribution in [0.4, 0.5) is 17.6 Å². The van der Waals surface area contributed by atoms with Crippen molar-refractivity contribution in [2.45, 2.75) is 37.3 Å². The topological polar surface area (TPSA) is 183 Å². The van der Waals surface area contributed by atoms with Crippen molar-refractivity contribution in [3.63, 3.8) is 0 Å². The van der Waals surface area contributed by atoms with E-state index in [2.05, 4.69) is 25.4 Å². The second-order valence-corrected chi connectivity index (χ2v) is 11.6. The largest absolute Gasteiger partial charge is 0.491 e. The lowest BCUT2D eigenvalue weighted by Crippen LogP contribution is -2.43. The Hall–Kier alpha value is -4.57. The maximum absolute atomic E-state index is 11.6. The van der Waals surface area contributed by atoms with Crippen molar-refractivity contribution in [1.29, 1.82) is 0 Å². The van der Waals surface area contributed by atoms with Crippen LogP contribution in [0.1, 0.15) is 25.1 Å². The Balaban J connectivity index is 1.15. The van der Waals surface area contributed by atoms with E-state index in [1.807, 2.05) is 43.6 Å². The van der Waals surface area contributed by atoms with E-state index in [4.69, 9.17) is 29.9 Å². The number of anilines is 3. The standard InChI is InChI=1S/C30H36N10O5/c1-30(42)25(41)23(45-26(30)22-14-19(20-7-11-38(2)37-20)24-27(31)33-16-34-40(22)24)15-44-17-5-6-18-21(13-17)35-29(39-9-4-10-39)36-28(18)32-8-12-43-3/h5-7,11,13-14,16,23,25-26,41-42H,4,8-10,12,15H2,1-3H3,(H2,31,33,34)(H,32,35,36)/t23-,25-,26+,30-/m1/s1. The number of methoxy groups -OCH3 is 1. The molecule has 0 radical (unpaired) electrons. The van der Waals surface area contributed by atoms with Crippen LogP contribution in [0.5, 0.6) is 5.75 Å². The Kier molecular flexibility index (Phi) is 7.40. The quantitative estimate of drug-likeness (QED) is 0.166. The van der Waals surface area contributed by atoms with Gasteiger partial charge in [-0.3, -0.25) is 4.68 Å². The Morgan fingerprint density at radius 2 is 2.04 bits per heavy atom. The van der Waals surface area contributed by atoms with Crippen molar-refractivity contribution in [2.75, 3.05) is 55.9 Å². The molecule has 5 aromatic rings. The summed E-state index contributed by atoms with van der Waals surface area (Å²) >= 11 is 0. The van der Waals surface area contributed by atoms with Crippen molar-refractivity contribution < 1.29 is 24.4 Å². The van der Waals surface area contributed by atoms with Crippen LogP contribution in [-0.4, -0.2) is 102 Å². The number of aliphatic hydroxyl groups excluding tert-OH is 1. The number of fused-ring (bicyclic) bond motifs is 2. The number of aryl methyl sites for hydroxylation is 1. The molecule has 0 aliphatic carbocycles. The van der Waals surface area contributed by atoms with Crippen LogP contribution in [0, 0.1) is 0 Å². The van der Waals surface area contributed by atoms with Crippen molar-refractivity contribution in [3.05, 3.63) is 48.5 Å². The second-order valence-electron chi connectivity index (χ2n) is 11.6. The number of rotatable bonds is 10. The van der Waals surface area contributed by atoms with Crippen LogP contribution in [0.2, 0.25) is 0 Å². The molecule has 0 unspecified atom stereocenters. The fraction of sp³-hybridized carbons (Fsp3) is 0.433. The van der Waals surface area contributed by atoms with Gasteiger partial charge in [-0.25, -0.2) is 14.5 Å². The maximum Gasteiger partial charge on any atom is 0.227 e. The van der Waals surface area contributed by atoms with E-state index in [0.717, 1.165) is 36.2 Å². The average molecular weight is 617 g/mol. The van der Waals surface area contributed by atoms with E-state index < -0.39 is 23.9 Å². The lowest BCUT2D eigenvalue weighted by molar-refractivity contribution is -0.0664. The molecule has 2 saturated heterocycles. The molecule has 0 amide bonds. The highest BCUT2D eigenvalue weighted by Gasteiger charge is 2.54. The van der Waals surface area contributed by atoms with Crippen molar-refractivity contribution in [1.82, 2.24) is 34.3 Å². The number of aliphatic hydroxyl groups is 2. The third-order valence-corrected chi connectivity index (χ3v) is 8.47. The predicted octanol–water partition coefficient (Wildman–Crippen LogP) is 1.55. The van der Waals surface area contributed by atoms with E-state index in [0.29, 0.717) is 47.3 Å². The number of hydrogen-bond acceptors (Lipinski definition) is 13. The molecule has 15 nitrogen and oxygen atoms in total. The Morgan fingerprint density at radius 3 is 2.78 bits per heavy atom. The minimum absolute atomic E-state index is 0.0180. The molecule has 5 N–H and O–H groups in total. The maximum atomic E-state index is 11.6. The Labute approximate surface area is 258 Å². The number of nitrogen functional groups attached to an aromatic ring is 1. The fourth-order valence-electron chi connectivity index (χ4n) is 5.88. The van der Waals surface area contributed by atoms with E-state index in [9.17, 15) is 10.2 Å². The molecule has 45 heavy (non-hydrogen) atoms. The van der Waals surface area contributed by atoms with E-state index >= 15 is 0 Å². The molecule has 6 heterocycles. The first-order chi connectivity index (χ1) is 21.7. The van der Waals surface area contributed by atoms with Crippen LogP contribution in [0.15, 0.2) is 42.9 Å². The molecule has 0 spiro atoms. The van der Waals surface area contributed by atoms with Gasteiger partial charge in [-0.15, -0.1) is 0 Å². The van der Waals surface area contributed by atoms with Gasteiger partial charge in [-0.05, 0) is 37.6 Å². The third-order valence-electron chi connectivity index (χ3n) is 8.47. The third kappa shape index (κ3) is 5.16. The van der Waals surface area contributed by atoms with Crippen LogP contribution >= 0.6 is 0 Å². The van der Waals surface area contributed by atoms with Crippen LogP contribution < -0.4 is 20.7 Å². The summed E-state index contributed by atoms with van der Waals surface area (Å²) in [6.45, 7) is 4.50. The van der Waals surface area contributed by atoms with Gasteiger partial charge in [0, 0.05) is 57.0 Å². The molecule has 2 aliphatic heterocycles. The van der Waals surface area contributed by atoms with Crippen LogP contribution in [0.25, 0.3) is 27.7 Å². The molecule has 7 rings (SSSR count). The van der Waals surface area contributed by atoms with Gasteiger partial charge >= 0.3 is 0 Å². The lowest BCUT2D eigenvalue weighted by atomic mass is 9.91. The molecule has 4 atom stereocenters. The number of benzene rings is 1. The molecular formula is C30H36N10O5. The summed E-state index contributed by atoms with van der Waals surface area (Å²) < 4.78 is 20.9. The molecule has 2 aliphatic rings. The molecule has 4 aromatic heterocycles. The zero-order chi connectivity index (χ0) is 31.3. The van der Waals surface area contributed by atoms with Gasteiger partial charge in [0.05, 0.1) is 23.5 Å². The van der Waals surface area contributed by atoms with Crippen molar-refractivity contribution >= 4 is 34.0 Å².